The second-order valence-electron chi connectivity index (χ2n) is 3.70. The average molecular weight is 200 g/mol. The molecule has 0 aliphatic heterocycles. The smallest absolute Gasteiger partial charge is 0.0521 e. The first-order valence-electron chi connectivity index (χ1n) is 5.43. The van der Waals surface area contributed by atoms with Crippen molar-refractivity contribution in [3.8, 4) is 0 Å². The van der Waals surface area contributed by atoms with E-state index >= 15 is 0 Å². The van der Waals surface area contributed by atoms with Gasteiger partial charge in [0.25, 0.3) is 0 Å². The summed E-state index contributed by atoms with van der Waals surface area (Å²) < 4.78 is 2.02. The number of hydrogen-bond donors (Lipinski definition) is 0. The van der Waals surface area contributed by atoms with E-state index in [9.17, 15) is 0 Å². The van der Waals surface area contributed by atoms with Crippen molar-refractivity contribution >= 4 is 0 Å². The number of nitrogens with zero attached hydrogens (tertiary/aromatic N) is 2. The first-order chi connectivity index (χ1) is 7.38. The fourth-order valence-corrected chi connectivity index (χ4v) is 1.60. The molecule has 2 rings (SSSR count). The van der Waals surface area contributed by atoms with Crippen molar-refractivity contribution in [1.29, 1.82) is 0 Å². The van der Waals surface area contributed by atoms with Crippen LogP contribution in [0.15, 0.2) is 42.7 Å². The first kappa shape index (κ1) is 9.97. The predicted octanol–water partition coefficient (Wildman–Crippen LogP) is 2.69. The molecule has 2 nitrogen and oxygen atoms in total. The molecule has 0 saturated heterocycles. The molecule has 0 N–H and O–H groups in total. The molecule has 0 radical (unpaired) electrons. The van der Waals surface area contributed by atoms with Gasteiger partial charge in [0.05, 0.1) is 6.20 Å². The fraction of sp³-hybridized carbons (Fsp3) is 0.308. The maximum absolute atomic E-state index is 4.32. The largest absolute Gasteiger partial charge is 0.272 e. The van der Waals surface area contributed by atoms with Crippen LogP contribution in [-0.2, 0) is 19.4 Å². The molecule has 0 spiro atoms. The van der Waals surface area contributed by atoms with Gasteiger partial charge in [-0.1, -0.05) is 37.3 Å². The highest BCUT2D eigenvalue weighted by Gasteiger charge is 1.96. The van der Waals surface area contributed by atoms with Gasteiger partial charge in [-0.3, -0.25) is 4.68 Å². The lowest BCUT2D eigenvalue weighted by atomic mass is 10.1. The Kier molecular flexibility index (Phi) is 3.18. The third-order valence-electron chi connectivity index (χ3n) is 2.57. The zero-order valence-electron chi connectivity index (χ0n) is 9.06. The van der Waals surface area contributed by atoms with Crippen molar-refractivity contribution in [3.05, 3.63) is 53.9 Å². The average Bonchev–Trinajstić information content (AvgIpc) is 2.76. The van der Waals surface area contributed by atoms with Crippen LogP contribution in [0.1, 0.15) is 18.1 Å². The standard InChI is InChI=1S/C13H16N2/c1-2-12-10-14-15(11-12)9-8-13-6-4-3-5-7-13/h3-7,10-11H,2,8-9H2,1H3. The van der Waals surface area contributed by atoms with E-state index in [1.165, 1.54) is 11.1 Å². The van der Waals surface area contributed by atoms with Crippen molar-refractivity contribution in [2.45, 2.75) is 26.3 Å². The van der Waals surface area contributed by atoms with Crippen molar-refractivity contribution in [3.63, 3.8) is 0 Å². The third-order valence-corrected chi connectivity index (χ3v) is 2.57. The van der Waals surface area contributed by atoms with E-state index in [1.54, 1.807) is 0 Å². The minimum absolute atomic E-state index is 0.962. The third kappa shape index (κ3) is 2.69. The molecule has 0 bridgehead atoms. The van der Waals surface area contributed by atoms with E-state index in [4.69, 9.17) is 0 Å². The highest BCUT2D eigenvalue weighted by atomic mass is 15.3. The summed E-state index contributed by atoms with van der Waals surface area (Å²) in [5, 5.41) is 4.32. The summed E-state index contributed by atoms with van der Waals surface area (Å²) in [7, 11) is 0. The van der Waals surface area contributed by atoms with Crippen LogP contribution in [0.4, 0.5) is 0 Å². The van der Waals surface area contributed by atoms with E-state index < -0.39 is 0 Å². The van der Waals surface area contributed by atoms with Gasteiger partial charge in [0.15, 0.2) is 0 Å². The lowest BCUT2D eigenvalue weighted by Crippen LogP contribution is -2.01. The second-order valence-corrected chi connectivity index (χ2v) is 3.70. The fourth-order valence-electron chi connectivity index (χ4n) is 1.60. The maximum Gasteiger partial charge on any atom is 0.0521 e. The van der Waals surface area contributed by atoms with E-state index in [1.807, 2.05) is 16.9 Å². The van der Waals surface area contributed by atoms with E-state index in [0.29, 0.717) is 0 Å². The van der Waals surface area contributed by atoms with Crippen LogP contribution in [0, 0.1) is 0 Å². The summed E-state index contributed by atoms with van der Waals surface area (Å²) in [6.45, 7) is 3.11. The molecule has 0 saturated carbocycles. The monoisotopic (exact) mass is 200 g/mol. The molecule has 1 aromatic heterocycles. The van der Waals surface area contributed by atoms with Gasteiger partial charge in [-0.2, -0.15) is 5.10 Å². The van der Waals surface area contributed by atoms with Crippen LogP contribution in [0.25, 0.3) is 0 Å². The lowest BCUT2D eigenvalue weighted by molar-refractivity contribution is 0.614. The van der Waals surface area contributed by atoms with Crippen LogP contribution >= 0.6 is 0 Å². The van der Waals surface area contributed by atoms with Crippen molar-refractivity contribution in [2.24, 2.45) is 0 Å². The zero-order valence-corrected chi connectivity index (χ0v) is 9.06. The maximum atomic E-state index is 4.32. The van der Waals surface area contributed by atoms with Crippen LogP contribution in [0.3, 0.4) is 0 Å². The molecule has 0 aliphatic rings. The Bertz CT molecular complexity index is 403. The van der Waals surface area contributed by atoms with Crippen LogP contribution < -0.4 is 0 Å². The molecule has 0 atom stereocenters. The number of aryl methyl sites for hydroxylation is 3. The second kappa shape index (κ2) is 4.78. The first-order valence-corrected chi connectivity index (χ1v) is 5.43. The number of hydrogen-bond acceptors (Lipinski definition) is 1. The highest BCUT2D eigenvalue weighted by Crippen LogP contribution is 2.03. The minimum atomic E-state index is 0.962. The van der Waals surface area contributed by atoms with Gasteiger partial charge in [0, 0.05) is 12.7 Å². The van der Waals surface area contributed by atoms with Gasteiger partial charge in [-0.05, 0) is 24.0 Å². The van der Waals surface area contributed by atoms with Gasteiger partial charge in [0.1, 0.15) is 0 Å². The van der Waals surface area contributed by atoms with E-state index in [-0.39, 0.29) is 0 Å². The van der Waals surface area contributed by atoms with Gasteiger partial charge < -0.3 is 0 Å². The molecule has 0 unspecified atom stereocenters. The summed E-state index contributed by atoms with van der Waals surface area (Å²) >= 11 is 0. The van der Waals surface area contributed by atoms with Crippen LogP contribution in [0.5, 0.6) is 0 Å². The summed E-state index contributed by atoms with van der Waals surface area (Å²) in [5.41, 5.74) is 2.68. The quantitative estimate of drug-likeness (QED) is 0.742. The summed E-state index contributed by atoms with van der Waals surface area (Å²) in [5.74, 6) is 0. The topological polar surface area (TPSA) is 17.8 Å². The molecular formula is C13H16N2. The van der Waals surface area contributed by atoms with Gasteiger partial charge in [0.2, 0.25) is 0 Å². The Morgan fingerprint density at radius 1 is 1.13 bits per heavy atom. The number of rotatable bonds is 4. The molecule has 15 heavy (non-hydrogen) atoms. The molecule has 2 aromatic rings. The van der Waals surface area contributed by atoms with Crippen LogP contribution in [-0.4, -0.2) is 9.78 Å². The highest BCUT2D eigenvalue weighted by molar-refractivity contribution is 5.14. The summed E-state index contributed by atoms with van der Waals surface area (Å²) in [4.78, 5) is 0. The Morgan fingerprint density at radius 2 is 1.93 bits per heavy atom. The van der Waals surface area contributed by atoms with Crippen LogP contribution in [0.2, 0.25) is 0 Å². The molecule has 2 heteroatoms. The van der Waals surface area contributed by atoms with E-state index in [0.717, 1.165) is 19.4 Å². The Labute approximate surface area is 90.6 Å². The van der Waals surface area contributed by atoms with Crippen molar-refractivity contribution < 1.29 is 0 Å². The summed E-state index contributed by atoms with van der Waals surface area (Å²) in [6.07, 6.45) is 6.19. The van der Waals surface area contributed by atoms with Gasteiger partial charge in [-0.25, -0.2) is 0 Å². The predicted molar refractivity (Wildman–Crippen MR) is 61.8 cm³/mol. The molecule has 78 valence electrons. The zero-order chi connectivity index (χ0) is 10.5. The Morgan fingerprint density at radius 3 is 2.60 bits per heavy atom. The van der Waals surface area contributed by atoms with Crippen molar-refractivity contribution in [1.82, 2.24) is 9.78 Å². The summed E-state index contributed by atoms with van der Waals surface area (Å²) in [6, 6.07) is 10.5. The molecular weight excluding hydrogens is 184 g/mol. The minimum Gasteiger partial charge on any atom is -0.272 e. The molecule has 0 amide bonds. The normalized spacial score (nSPS) is 10.5. The Balaban J connectivity index is 1.93. The van der Waals surface area contributed by atoms with Gasteiger partial charge >= 0.3 is 0 Å². The van der Waals surface area contributed by atoms with Crippen molar-refractivity contribution in [2.75, 3.05) is 0 Å². The van der Waals surface area contributed by atoms with Gasteiger partial charge in [-0.15, -0.1) is 0 Å². The van der Waals surface area contributed by atoms with E-state index in [2.05, 4.69) is 42.5 Å². The number of benzene rings is 1. The lowest BCUT2D eigenvalue weighted by Gasteiger charge is -2.01. The molecule has 1 aromatic carbocycles. The SMILES string of the molecule is CCc1cnn(CCc2ccccc2)c1. The Hall–Kier alpha value is -1.57. The number of aromatic nitrogens is 2. The molecule has 1 heterocycles. The molecule has 0 fully saturated rings. The molecule has 0 aliphatic carbocycles.